The van der Waals surface area contributed by atoms with Crippen molar-refractivity contribution in [1.29, 1.82) is 0 Å². The van der Waals surface area contributed by atoms with Crippen molar-refractivity contribution in [3.05, 3.63) is 35.4 Å². The Morgan fingerprint density at radius 3 is 2.06 bits per heavy atom. The van der Waals surface area contributed by atoms with Crippen molar-refractivity contribution >= 4 is 0 Å². The Hall–Kier alpha value is -0.860. The standard InChI is InChI=1S/C16H24O2/c1-11(2)14-5-7-15(8-6-14)16(17)9-12(3)18-13(4)10-16/h5-8,11-13,17H,9-10H2,1-4H3. The van der Waals surface area contributed by atoms with Crippen molar-refractivity contribution in [3.63, 3.8) is 0 Å². The molecule has 0 aromatic heterocycles. The highest BCUT2D eigenvalue weighted by Gasteiger charge is 2.38. The average Bonchev–Trinajstić information content (AvgIpc) is 2.27. The smallest absolute Gasteiger partial charge is 0.0945 e. The van der Waals surface area contributed by atoms with Crippen molar-refractivity contribution in [2.45, 2.75) is 64.3 Å². The van der Waals surface area contributed by atoms with Crippen LogP contribution in [0.2, 0.25) is 0 Å². The van der Waals surface area contributed by atoms with Gasteiger partial charge in [-0.05, 0) is 30.9 Å². The minimum atomic E-state index is -0.730. The molecule has 1 fully saturated rings. The summed E-state index contributed by atoms with van der Waals surface area (Å²) in [5.41, 5.74) is 1.61. The third-order valence-corrected chi connectivity index (χ3v) is 3.83. The molecule has 1 aliphatic rings. The van der Waals surface area contributed by atoms with E-state index in [9.17, 15) is 5.11 Å². The van der Waals surface area contributed by atoms with Crippen LogP contribution in [0.4, 0.5) is 0 Å². The summed E-state index contributed by atoms with van der Waals surface area (Å²) in [5.74, 6) is 0.529. The highest BCUT2D eigenvalue weighted by atomic mass is 16.5. The lowest BCUT2D eigenvalue weighted by Crippen LogP contribution is -2.41. The molecule has 2 rings (SSSR count). The number of rotatable bonds is 2. The molecule has 0 amide bonds. The van der Waals surface area contributed by atoms with Gasteiger partial charge in [-0.3, -0.25) is 0 Å². The van der Waals surface area contributed by atoms with Crippen molar-refractivity contribution < 1.29 is 9.84 Å². The first-order valence-electron chi connectivity index (χ1n) is 6.89. The molecule has 1 aromatic carbocycles. The fourth-order valence-electron chi connectivity index (χ4n) is 2.94. The van der Waals surface area contributed by atoms with Crippen LogP contribution in [0, 0.1) is 0 Å². The van der Waals surface area contributed by atoms with E-state index in [0.29, 0.717) is 18.8 Å². The summed E-state index contributed by atoms with van der Waals surface area (Å²) in [7, 11) is 0. The molecule has 0 spiro atoms. The number of aliphatic hydroxyl groups is 1. The predicted molar refractivity (Wildman–Crippen MR) is 73.7 cm³/mol. The predicted octanol–water partition coefficient (Wildman–Crippen LogP) is 3.59. The molecule has 2 heteroatoms. The maximum atomic E-state index is 10.8. The second-order valence-corrected chi connectivity index (χ2v) is 5.97. The summed E-state index contributed by atoms with van der Waals surface area (Å²) in [4.78, 5) is 0. The van der Waals surface area contributed by atoms with Gasteiger partial charge in [0.1, 0.15) is 0 Å². The van der Waals surface area contributed by atoms with Crippen LogP contribution in [0.3, 0.4) is 0 Å². The van der Waals surface area contributed by atoms with Crippen LogP contribution < -0.4 is 0 Å². The fraction of sp³-hybridized carbons (Fsp3) is 0.625. The third kappa shape index (κ3) is 2.76. The maximum Gasteiger partial charge on any atom is 0.0945 e. The minimum absolute atomic E-state index is 0.114. The zero-order valence-electron chi connectivity index (χ0n) is 11.8. The van der Waals surface area contributed by atoms with Crippen LogP contribution in [0.1, 0.15) is 57.6 Å². The Balaban J connectivity index is 2.23. The van der Waals surface area contributed by atoms with Gasteiger partial charge in [-0.15, -0.1) is 0 Å². The Kier molecular flexibility index (Phi) is 3.79. The Morgan fingerprint density at radius 2 is 1.61 bits per heavy atom. The van der Waals surface area contributed by atoms with E-state index in [2.05, 4.69) is 38.1 Å². The van der Waals surface area contributed by atoms with Gasteiger partial charge in [0.05, 0.1) is 17.8 Å². The lowest BCUT2D eigenvalue weighted by Gasteiger charge is -2.39. The quantitative estimate of drug-likeness (QED) is 0.866. The molecular formula is C16H24O2. The molecule has 18 heavy (non-hydrogen) atoms. The third-order valence-electron chi connectivity index (χ3n) is 3.83. The molecule has 0 radical (unpaired) electrons. The van der Waals surface area contributed by atoms with Gasteiger partial charge in [-0.1, -0.05) is 38.1 Å². The van der Waals surface area contributed by atoms with Crippen molar-refractivity contribution in [2.75, 3.05) is 0 Å². The fourth-order valence-corrected chi connectivity index (χ4v) is 2.94. The van der Waals surface area contributed by atoms with Crippen LogP contribution in [0.5, 0.6) is 0 Å². The monoisotopic (exact) mass is 248 g/mol. The van der Waals surface area contributed by atoms with Crippen LogP contribution >= 0.6 is 0 Å². The van der Waals surface area contributed by atoms with Gasteiger partial charge in [0.2, 0.25) is 0 Å². The Bertz CT molecular complexity index is 384. The minimum Gasteiger partial charge on any atom is -0.385 e. The number of benzene rings is 1. The largest absolute Gasteiger partial charge is 0.385 e. The summed E-state index contributed by atoms with van der Waals surface area (Å²) >= 11 is 0. The average molecular weight is 248 g/mol. The van der Waals surface area contributed by atoms with E-state index in [1.165, 1.54) is 5.56 Å². The van der Waals surface area contributed by atoms with Gasteiger partial charge in [0, 0.05) is 12.8 Å². The van der Waals surface area contributed by atoms with E-state index in [-0.39, 0.29) is 12.2 Å². The van der Waals surface area contributed by atoms with Gasteiger partial charge in [-0.25, -0.2) is 0 Å². The molecule has 1 aromatic rings. The molecule has 1 saturated heterocycles. The molecule has 0 saturated carbocycles. The highest BCUT2D eigenvalue weighted by Crippen LogP contribution is 2.37. The zero-order chi connectivity index (χ0) is 13.3. The number of hydrogen-bond acceptors (Lipinski definition) is 2. The summed E-state index contributed by atoms with van der Waals surface area (Å²) in [5, 5.41) is 10.8. The normalized spacial score (nSPS) is 32.8. The Morgan fingerprint density at radius 1 is 1.11 bits per heavy atom. The van der Waals surface area contributed by atoms with E-state index in [1.54, 1.807) is 0 Å². The van der Waals surface area contributed by atoms with Crippen LogP contribution in [-0.4, -0.2) is 17.3 Å². The van der Waals surface area contributed by atoms with E-state index >= 15 is 0 Å². The van der Waals surface area contributed by atoms with Crippen molar-refractivity contribution in [1.82, 2.24) is 0 Å². The lowest BCUT2D eigenvalue weighted by molar-refractivity contribution is -0.135. The van der Waals surface area contributed by atoms with Gasteiger partial charge >= 0.3 is 0 Å². The topological polar surface area (TPSA) is 29.5 Å². The van der Waals surface area contributed by atoms with Gasteiger partial charge in [-0.2, -0.15) is 0 Å². The van der Waals surface area contributed by atoms with Gasteiger partial charge < -0.3 is 9.84 Å². The van der Waals surface area contributed by atoms with E-state index in [4.69, 9.17) is 4.74 Å². The molecular weight excluding hydrogens is 224 g/mol. The first-order chi connectivity index (χ1) is 8.40. The van der Waals surface area contributed by atoms with Crippen molar-refractivity contribution in [3.8, 4) is 0 Å². The molecule has 2 unspecified atom stereocenters. The number of ether oxygens (including phenoxy) is 1. The number of hydrogen-bond donors (Lipinski definition) is 1. The molecule has 100 valence electrons. The van der Waals surface area contributed by atoms with E-state index < -0.39 is 5.60 Å². The van der Waals surface area contributed by atoms with Gasteiger partial charge in [0.15, 0.2) is 0 Å². The molecule has 0 bridgehead atoms. The summed E-state index contributed by atoms with van der Waals surface area (Å²) < 4.78 is 5.71. The van der Waals surface area contributed by atoms with Crippen molar-refractivity contribution in [2.24, 2.45) is 0 Å². The molecule has 2 atom stereocenters. The van der Waals surface area contributed by atoms with E-state index in [0.717, 1.165) is 5.56 Å². The van der Waals surface area contributed by atoms with Crippen LogP contribution in [-0.2, 0) is 10.3 Å². The Labute approximate surface area is 110 Å². The highest BCUT2D eigenvalue weighted by molar-refractivity contribution is 5.29. The second-order valence-electron chi connectivity index (χ2n) is 5.97. The SMILES string of the molecule is CC1CC(O)(c2ccc(C(C)C)cc2)CC(C)O1. The first kappa shape index (κ1) is 13.6. The van der Waals surface area contributed by atoms with Gasteiger partial charge in [0.25, 0.3) is 0 Å². The lowest BCUT2D eigenvalue weighted by atomic mass is 9.81. The summed E-state index contributed by atoms with van der Waals surface area (Å²) in [6, 6.07) is 8.39. The van der Waals surface area contributed by atoms with E-state index in [1.807, 2.05) is 13.8 Å². The maximum absolute atomic E-state index is 10.8. The molecule has 1 aliphatic heterocycles. The first-order valence-corrected chi connectivity index (χ1v) is 6.89. The molecule has 0 aliphatic carbocycles. The second kappa shape index (κ2) is 5.02. The van der Waals surface area contributed by atoms with Crippen LogP contribution in [0.25, 0.3) is 0 Å². The van der Waals surface area contributed by atoms with Crippen LogP contribution in [0.15, 0.2) is 24.3 Å². The summed E-state index contributed by atoms with van der Waals surface area (Å²) in [6.45, 7) is 8.43. The summed E-state index contributed by atoms with van der Waals surface area (Å²) in [6.07, 6.45) is 1.59. The zero-order valence-corrected chi connectivity index (χ0v) is 11.8. The molecule has 1 heterocycles. The molecule has 2 nitrogen and oxygen atoms in total. The molecule has 1 N–H and O–H groups in total.